The predicted molar refractivity (Wildman–Crippen MR) is 49.0 cm³/mol. The van der Waals surface area contributed by atoms with E-state index in [1.165, 1.54) is 6.42 Å². The lowest BCUT2D eigenvalue weighted by Gasteiger charge is -2.38. The lowest BCUT2D eigenvalue weighted by atomic mass is 9.73. The summed E-state index contributed by atoms with van der Waals surface area (Å²) in [6.07, 6.45) is 4.94. The summed E-state index contributed by atoms with van der Waals surface area (Å²) >= 11 is 5.93. The topological polar surface area (TPSA) is 38.9 Å². The van der Waals surface area contributed by atoms with E-state index >= 15 is 0 Å². The van der Waals surface area contributed by atoms with Crippen LogP contribution in [0.4, 0.5) is 0 Å². The van der Waals surface area contributed by atoms with Crippen LogP contribution >= 0.6 is 11.6 Å². The second-order valence-corrected chi connectivity index (χ2v) is 3.71. The molecule has 2 N–H and O–H groups in total. The maximum Gasteiger partial charge on any atom is 0.134 e. The van der Waals surface area contributed by atoms with Crippen molar-refractivity contribution in [1.82, 2.24) is 4.98 Å². The van der Waals surface area contributed by atoms with Gasteiger partial charge in [0.2, 0.25) is 0 Å². The molecule has 1 aliphatic rings. The fourth-order valence-electron chi connectivity index (χ4n) is 1.58. The average Bonchev–Trinajstić information content (AvgIpc) is 2.01. The predicted octanol–water partition coefficient (Wildman–Crippen LogP) is 2.07. The van der Waals surface area contributed by atoms with E-state index in [2.05, 4.69) is 4.98 Å². The molecular formula is C9H11ClN2. The van der Waals surface area contributed by atoms with Crippen LogP contribution < -0.4 is 5.73 Å². The van der Waals surface area contributed by atoms with Crippen LogP contribution in [0.1, 0.15) is 24.8 Å². The van der Waals surface area contributed by atoms with Crippen molar-refractivity contribution in [1.29, 1.82) is 0 Å². The van der Waals surface area contributed by atoms with Gasteiger partial charge in [0.1, 0.15) is 5.15 Å². The van der Waals surface area contributed by atoms with Gasteiger partial charge in [0.25, 0.3) is 0 Å². The highest BCUT2D eigenvalue weighted by atomic mass is 35.5. The van der Waals surface area contributed by atoms with Crippen molar-refractivity contribution in [3.05, 3.63) is 29.0 Å². The van der Waals surface area contributed by atoms with Gasteiger partial charge in [-0.15, -0.1) is 0 Å². The van der Waals surface area contributed by atoms with Gasteiger partial charge in [-0.3, -0.25) is 0 Å². The summed E-state index contributed by atoms with van der Waals surface area (Å²) in [5.41, 5.74) is 6.91. The van der Waals surface area contributed by atoms with Crippen molar-refractivity contribution in [2.75, 3.05) is 0 Å². The van der Waals surface area contributed by atoms with Gasteiger partial charge in [-0.2, -0.15) is 0 Å². The molecule has 0 radical (unpaired) electrons. The standard InChI is InChI=1S/C9H11ClN2/c10-8-7(3-1-6-12-8)9(11)4-2-5-9/h1,3,6H,2,4-5,11H2. The van der Waals surface area contributed by atoms with Crippen LogP contribution in [-0.4, -0.2) is 4.98 Å². The minimum Gasteiger partial charge on any atom is -0.321 e. The lowest BCUT2D eigenvalue weighted by Crippen LogP contribution is -2.43. The van der Waals surface area contributed by atoms with Crippen molar-refractivity contribution >= 4 is 11.6 Å². The highest BCUT2D eigenvalue weighted by Gasteiger charge is 2.36. The average molecular weight is 183 g/mol. The molecule has 64 valence electrons. The van der Waals surface area contributed by atoms with Crippen molar-refractivity contribution in [2.24, 2.45) is 5.73 Å². The zero-order chi connectivity index (χ0) is 8.60. The van der Waals surface area contributed by atoms with Crippen LogP contribution in [0.5, 0.6) is 0 Å². The van der Waals surface area contributed by atoms with E-state index in [1.54, 1.807) is 6.20 Å². The summed E-state index contributed by atoms with van der Waals surface area (Å²) < 4.78 is 0. The van der Waals surface area contributed by atoms with Crippen molar-refractivity contribution < 1.29 is 0 Å². The van der Waals surface area contributed by atoms with Crippen LogP contribution in [-0.2, 0) is 5.54 Å². The summed E-state index contributed by atoms with van der Waals surface area (Å²) in [6, 6.07) is 3.85. The molecule has 12 heavy (non-hydrogen) atoms. The number of nitrogens with zero attached hydrogens (tertiary/aromatic N) is 1. The molecule has 0 amide bonds. The zero-order valence-electron chi connectivity index (χ0n) is 6.76. The van der Waals surface area contributed by atoms with Crippen LogP contribution in [0, 0.1) is 0 Å². The molecule has 0 spiro atoms. The first-order chi connectivity index (χ1) is 5.72. The van der Waals surface area contributed by atoms with E-state index in [0.717, 1.165) is 18.4 Å². The molecule has 0 bridgehead atoms. The van der Waals surface area contributed by atoms with Gasteiger partial charge in [-0.1, -0.05) is 17.7 Å². The third-order valence-corrected chi connectivity index (χ3v) is 2.84. The fourth-order valence-corrected chi connectivity index (χ4v) is 1.89. The summed E-state index contributed by atoms with van der Waals surface area (Å²) in [5, 5.41) is 0.555. The maximum atomic E-state index is 6.10. The van der Waals surface area contributed by atoms with E-state index in [0.29, 0.717) is 5.15 Å². The highest BCUT2D eigenvalue weighted by molar-refractivity contribution is 6.30. The minimum atomic E-state index is -0.189. The van der Waals surface area contributed by atoms with Crippen LogP contribution in [0.25, 0.3) is 0 Å². The Labute approximate surface area is 76.7 Å². The maximum absolute atomic E-state index is 6.10. The van der Waals surface area contributed by atoms with Gasteiger partial charge in [-0.05, 0) is 25.3 Å². The number of pyridine rings is 1. The molecule has 1 saturated carbocycles. The Hall–Kier alpha value is -0.600. The molecule has 1 fully saturated rings. The molecular weight excluding hydrogens is 172 g/mol. The summed E-state index contributed by atoms with van der Waals surface area (Å²) in [6.45, 7) is 0. The first-order valence-electron chi connectivity index (χ1n) is 4.12. The third kappa shape index (κ3) is 1.11. The Morgan fingerprint density at radius 3 is 2.75 bits per heavy atom. The van der Waals surface area contributed by atoms with Crippen LogP contribution in [0.15, 0.2) is 18.3 Å². The first kappa shape index (κ1) is 8.02. The minimum absolute atomic E-state index is 0.189. The van der Waals surface area contributed by atoms with Crippen molar-refractivity contribution in [2.45, 2.75) is 24.8 Å². The second-order valence-electron chi connectivity index (χ2n) is 3.35. The fraction of sp³-hybridized carbons (Fsp3) is 0.444. The van der Waals surface area contributed by atoms with E-state index < -0.39 is 0 Å². The lowest BCUT2D eigenvalue weighted by molar-refractivity contribution is 0.253. The van der Waals surface area contributed by atoms with Gasteiger partial charge in [0, 0.05) is 17.3 Å². The van der Waals surface area contributed by atoms with Gasteiger partial charge >= 0.3 is 0 Å². The summed E-state index contributed by atoms with van der Waals surface area (Å²) in [4.78, 5) is 4.01. The monoisotopic (exact) mass is 182 g/mol. The van der Waals surface area contributed by atoms with E-state index in [4.69, 9.17) is 17.3 Å². The molecule has 0 aromatic carbocycles. The molecule has 1 heterocycles. The molecule has 2 nitrogen and oxygen atoms in total. The van der Waals surface area contributed by atoms with Crippen molar-refractivity contribution in [3.8, 4) is 0 Å². The number of nitrogens with two attached hydrogens (primary N) is 1. The van der Waals surface area contributed by atoms with Gasteiger partial charge < -0.3 is 5.73 Å². The Bertz CT molecular complexity index is 294. The Balaban J connectivity index is 2.39. The number of aromatic nitrogens is 1. The number of rotatable bonds is 1. The molecule has 1 aliphatic carbocycles. The Morgan fingerprint density at radius 1 is 1.50 bits per heavy atom. The molecule has 0 aliphatic heterocycles. The molecule has 1 aromatic heterocycles. The first-order valence-corrected chi connectivity index (χ1v) is 4.50. The quantitative estimate of drug-likeness (QED) is 0.676. The smallest absolute Gasteiger partial charge is 0.134 e. The van der Waals surface area contributed by atoms with Gasteiger partial charge in [0.15, 0.2) is 0 Å². The zero-order valence-corrected chi connectivity index (χ0v) is 7.51. The van der Waals surface area contributed by atoms with Crippen LogP contribution in [0.2, 0.25) is 5.15 Å². The number of hydrogen-bond acceptors (Lipinski definition) is 2. The van der Waals surface area contributed by atoms with Crippen LogP contribution in [0.3, 0.4) is 0 Å². The normalized spacial score (nSPS) is 20.2. The number of halogens is 1. The molecule has 3 heteroatoms. The molecule has 1 aromatic rings. The molecule has 2 rings (SSSR count). The molecule has 0 saturated heterocycles. The Morgan fingerprint density at radius 2 is 2.25 bits per heavy atom. The van der Waals surface area contributed by atoms with Gasteiger partial charge in [0.05, 0.1) is 0 Å². The van der Waals surface area contributed by atoms with Gasteiger partial charge in [-0.25, -0.2) is 4.98 Å². The molecule has 0 atom stereocenters. The van der Waals surface area contributed by atoms with E-state index in [1.807, 2.05) is 12.1 Å². The van der Waals surface area contributed by atoms with E-state index in [9.17, 15) is 0 Å². The number of hydrogen-bond donors (Lipinski definition) is 1. The third-order valence-electron chi connectivity index (χ3n) is 2.54. The SMILES string of the molecule is NC1(c2cccnc2Cl)CCC1. The second kappa shape index (κ2) is 2.71. The largest absolute Gasteiger partial charge is 0.321 e. The van der Waals surface area contributed by atoms with E-state index in [-0.39, 0.29) is 5.54 Å². The van der Waals surface area contributed by atoms with Crippen molar-refractivity contribution in [3.63, 3.8) is 0 Å². The summed E-state index contributed by atoms with van der Waals surface area (Å²) in [5.74, 6) is 0. The highest BCUT2D eigenvalue weighted by Crippen LogP contribution is 2.40. The summed E-state index contributed by atoms with van der Waals surface area (Å²) in [7, 11) is 0. The Kier molecular flexibility index (Phi) is 1.81. The molecule has 0 unspecified atom stereocenters.